The number of aliphatic imine (C=N–C) groups is 2. The zero-order valence-corrected chi connectivity index (χ0v) is 32.9. The van der Waals surface area contributed by atoms with Gasteiger partial charge in [-0.15, -0.1) is 0 Å². The van der Waals surface area contributed by atoms with E-state index < -0.39 is 0 Å². The lowest BCUT2D eigenvalue weighted by molar-refractivity contribution is 0.0620. The summed E-state index contributed by atoms with van der Waals surface area (Å²) >= 11 is 3.37. The van der Waals surface area contributed by atoms with E-state index in [1.165, 1.54) is 0 Å². The molecule has 296 valence electrons. The Balaban J connectivity index is 0.000000193. The van der Waals surface area contributed by atoms with Crippen LogP contribution >= 0.6 is 15.9 Å². The molecular formula is C41H41BrN12O4. The molecule has 2 atom stereocenters. The Labute approximate surface area is 344 Å². The Morgan fingerprint density at radius 1 is 0.759 bits per heavy atom. The van der Waals surface area contributed by atoms with Gasteiger partial charge in [-0.3, -0.25) is 19.7 Å². The third-order valence-electron chi connectivity index (χ3n) is 8.39. The molecule has 2 aliphatic heterocycles. The molecular weight excluding hydrogens is 804 g/mol. The van der Waals surface area contributed by atoms with Crippen LogP contribution in [-0.2, 0) is 9.68 Å². The summed E-state index contributed by atoms with van der Waals surface area (Å²) in [6.07, 6.45) is 7.06. The van der Waals surface area contributed by atoms with E-state index in [9.17, 15) is 0 Å². The number of nitrogens with one attached hydrogen (secondary N) is 3. The fraction of sp³-hybridized carbons (Fsp3) is 0.220. The van der Waals surface area contributed by atoms with Crippen LogP contribution in [0.5, 0.6) is 11.8 Å². The number of H-pyrrole nitrogens is 1. The molecule has 0 radical (unpaired) electrons. The molecule has 0 spiro atoms. The number of rotatable bonds is 7. The number of hydrogen-bond donors (Lipinski definition) is 3. The van der Waals surface area contributed by atoms with Crippen molar-refractivity contribution in [2.45, 2.75) is 33.4 Å². The van der Waals surface area contributed by atoms with E-state index in [0.29, 0.717) is 59.2 Å². The molecule has 6 aromatic rings. The van der Waals surface area contributed by atoms with Gasteiger partial charge in [0.15, 0.2) is 11.7 Å². The maximum absolute atomic E-state index is 8.95. The van der Waals surface area contributed by atoms with Crippen molar-refractivity contribution in [2.24, 2.45) is 9.98 Å². The van der Waals surface area contributed by atoms with Gasteiger partial charge >= 0.3 is 0 Å². The van der Waals surface area contributed by atoms with E-state index in [0.717, 1.165) is 32.7 Å². The summed E-state index contributed by atoms with van der Waals surface area (Å²) in [4.78, 5) is 40.2. The number of nitriles is 2. The highest BCUT2D eigenvalue weighted by molar-refractivity contribution is 9.10. The lowest BCUT2D eigenvalue weighted by Crippen LogP contribution is -2.33. The van der Waals surface area contributed by atoms with Crippen LogP contribution in [0.25, 0.3) is 5.69 Å². The number of aryl methyl sites for hydroxylation is 2. The number of benzene rings is 2. The number of pyridine rings is 2. The van der Waals surface area contributed by atoms with E-state index in [2.05, 4.69) is 68.9 Å². The highest BCUT2D eigenvalue weighted by Gasteiger charge is 2.22. The Kier molecular flexibility index (Phi) is 14.8. The summed E-state index contributed by atoms with van der Waals surface area (Å²) in [5.74, 6) is 2.00. The molecule has 0 amide bonds. The Bertz CT molecular complexity index is 2420. The Morgan fingerprint density at radius 2 is 1.29 bits per heavy atom. The molecule has 0 aliphatic carbocycles. The van der Waals surface area contributed by atoms with E-state index in [1.807, 2.05) is 73.1 Å². The summed E-state index contributed by atoms with van der Waals surface area (Å²) in [6.45, 7) is 4.68. The number of nitrogens with zero attached hydrogens (tertiary/aromatic N) is 9. The van der Waals surface area contributed by atoms with Crippen LogP contribution in [0.2, 0.25) is 0 Å². The van der Waals surface area contributed by atoms with Crippen molar-refractivity contribution in [2.75, 3.05) is 27.4 Å². The van der Waals surface area contributed by atoms with Crippen molar-refractivity contribution in [3.05, 3.63) is 147 Å². The number of ether oxygens (including phenoxy) is 2. The topological polar surface area (TPSA) is 206 Å². The quantitative estimate of drug-likeness (QED) is 0.156. The number of hydrogen-bond acceptors (Lipinski definition) is 14. The lowest BCUT2D eigenvalue weighted by Gasteiger charge is -2.22. The van der Waals surface area contributed by atoms with Crippen LogP contribution < -0.4 is 20.4 Å². The normalized spacial score (nSPS) is 15.4. The molecule has 0 bridgehead atoms. The Morgan fingerprint density at radius 3 is 1.72 bits per heavy atom. The van der Waals surface area contributed by atoms with Gasteiger partial charge in [0.05, 0.1) is 60.3 Å². The van der Waals surface area contributed by atoms with Crippen LogP contribution in [0.1, 0.15) is 64.5 Å². The second-order valence-corrected chi connectivity index (χ2v) is 13.2. The molecule has 16 nitrogen and oxygen atoms in total. The predicted octanol–water partition coefficient (Wildman–Crippen LogP) is 6.58. The van der Waals surface area contributed by atoms with E-state index >= 15 is 0 Å². The summed E-state index contributed by atoms with van der Waals surface area (Å²) < 4.78 is 13.3. The number of hydroxylamine groups is 2. The molecule has 2 aromatic carbocycles. The van der Waals surface area contributed by atoms with Crippen molar-refractivity contribution in [1.82, 2.24) is 40.4 Å². The summed E-state index contributed by atoms with van der Waals surface area (Å²) in [5.41, 5.74) is 12.8. The smallest absolute Gasteiger partial charge is 0.238 e. The van der Waals surface area contributed by atoms with E-state index in [1.54, 1.807) is 57.3 Å². The van der Waals surface area contributed by atoms with Crippen molar-refractivity contribution in [3.8, 4) is 29.6 Å². The molecule has 8 rings (SSSR count). The van der Waals surface area contributed by atoms with Gasteiger partial charge in [-0.1, -0.05) is 31.7 Å². The zero-order valence-electron chi connectivity index (χ0n) is 31.3. The average Bonchev–Trinajstić information content (AvgIpc) is 3.94. The van der Waals surface area contributed by atoms with Crippen LogP contribution in [0.3, 0.4) is 0 Å². The minimum atomic E-state index is -0.187. The van der Waals surface area contributed by atoms with Gasteiger partial charge in [-0.05, 0) is 89.4 Å². The van der Waals surface area contributed by atoms with Crippen LogP contribution in [0.4, 0.5) is 0 Å². The number of amidine groups is 2. The Hall–Kier alpha value is -6.92. The van der Waals surface area contributed by atoms with Crippen LogP contribution in [0, 0.1) is 36.5 Å². The van der Waals surface area contributed by atoms with Crippen molar-refractivity contribution < 1.29 is 19.1 Å². The number of aromatic amines is 1. The van der Waals surface area contributed by atoms with Crippen LogP contribution in [0.15, 0.2) is 112 Å². The third kappa shape index (κ3) is 10.7. The second kappa shape index (κ2) is 20.3. The summed E-state index contributed by atoms with van der Waals surface area (Å²) in [6, 6.07) is 25.9. The van der Waals surface area contributed by atoms with Gasteiger partial charge in [-0.2, -0.15) is 10.5 Å². The van der Waals surface area contributed by atoms with Gasteiger partial charge in [0.1, 0.15) is 42.4 Å². The van der Waals surface area contributed by atoms with Crippen molar-refractivity contribution in [1.29, 1.82) is 10.5 Å². The van der Waals surface area contributed by atoms with Gasteiger partial charge in [-0.25, -0.2) is 30.9 Å². The monoisotopic (exact) mass is 844 g/mol. The zero-order chi connectivity index (χ0) is 40.1. The first-order valence-corrected chi connectivity index (χ1v) is 18.2. The highest BCUT2D eigenvalue weighted by atomic mass is 79.9. The van der Waals surface area contributed by atoms with Gasteiger partial charge in [0, 0.05) is 18.1 Å². The fourth-order valence-electron chi connectivity index (χ4n) is 5.44. The van der Waals surface area contributed by atoms with Crippen LogP contribution in [-0.4, -0.2) is 68.6 Å². The predicted molar refractivity (Wildman–Crippen MR) is 220 cm³/mol. The van der Waals surface area contributed by atoms with Gasteiger partial charge in [0.2, 0.25) is 11.8 Å². The molecule has 3 N–H and O–H groups in total. The number of aromatic nitrogens is 6. The molecule has 58 heavy (non-hydrogen) atoms. The SMILES string of the molecule is C.COc1nc(C2=NC(c3ccc(C#N)cc3)CON2)ccc1-n1cnc(C)c1.COc1nc(C2=NC(c3ccc(C#N)cc3)CON2)ccc1Br.Cc1cnc[nH]1. The molecule has 0 fully saturated rings. The standard InChI is InChI=1S/C20H18N6O2.C16H13BrN4O2.C4H6N2.CH4/c1-13-10-26(12-22-13)18-8-7-16(24-20(18)27-2)19-23-17(11-28-25-19)15-5-3-14(9-21)4-6-15;1-22-16-12(17)6-7-13(20-16)15-19-14(9-23-21-15)11-4-2-10(8-18)3-5-11;1-4-2-5-3-6-4;/h3-8,10,12,17H,11H2,1-2H3,(H,23,25);2-7,14H,9H2,1H3,(H,19,21);2-3H,1H3,(H,5,6);1H4. The third-order valence-corrected chi connectivity index (χ3v) is 8.99. The molecule has 4 aromatic heterocycles. The fourth-order valence-corrected chi connectivity index (χ4v) is 5.83. The minimum absolute atomic E-state index is 0. The molecule has 0 saturated heterocycles. The average molecular weight is 846 g/mol. The molecule has 17 heteroatoms. The number of halogens is 1. The first-order chi connectivity index (χ1) is 27.8. The van der Waals surface area contributed by atoms with Gasteiger partial charge in [0.25, 0.3) is 0 Å². The van der Waals surface area contributed by atoms with E-state index in [-0.39, 0.29) is 19.5 Å². The first-order valence-electron chi connectivity index (χ1n) is 17.4. The minimum Gasteiger partial charge on any atom is -0.480 e. The van der Waals surface area contributed by atoms with Crippen molar-refractivity contribution in [3.63, 3.8) is 0 Å². The number of imidazole rings is 2. The number of methoxy groups -OCH3 is 2. The van der Waals surface area contributed by atoms with Crippen molar-refractivity contribution >= 4 is 27.6 Å². The molecule has 2 unspecified atom stereocenters. The maximum Gasteiger partial charge on any atom is 0.238 e. The summed E-state index contributed by atoms with van der Waals surface area (Å²) in [5, 5.41) is 17.8. The maximum atomic E-state index is 8.95. The van der Waals surface area contributed by atoms with E-state index in [4.69, 9.17) is 34.7 Å². The first kappa shape index (κ1) is 42.2. The highest BCUT2D eigenvalue weighted by Crippen LogP contribution is 2.26. The lowest BCUT2D eigenvalue weighted by atomic mass is 10.1. The molecule has 0 saturated carbocycles. The van der Waals surface area contributed by atoms with Gasteiger partial charge < -0.3 is 19.0 Å². The molecule has 2 aliphatic rings. The summed E-state index contributed by atoms with van der Waals surface area (Å²) in [7, 11) is 3.13. The largest absolute Gasteiger partial charge is 0.480 e. The molecule has 6 heterocycles. The second-order valence-electron chi connectivity index (χ2n) is 12.4.